The molecule has 3 aromatic rings. The standard InChI is InChI=1S/C19H18FN5S2/c20-15-6-4-14(5-7-15)3-1-10-21-18(26)25-16-8-9-17(24-13-16)27-19-22-11-2-12-23-19/h2,4-9,11-13H,1,3,10H2,(H2,21,25,26). The molecule has 0 atom stereocenters. The number of halogens is 1. The van der Waals surface area contributed by atoms with Crippen LogP contribution < -0.4 is 10.6 Å². The van der Waals surface area contributed by atoms with Crippen molar-refractivity contribution in [3.05, 3.63) is 72.4 Å². The summed E-state index contributed by atoms with van der Waals surface area (Å²) in [6.45, 7) is 0.732. The average molecular weight is 400 g/mol. The van der Waals surface area contributed by atoms with Gasteiger partial charge in [0.15, 0.2) is 10.3 Å². The number of rotatable bonds is 7. The minimum Gasteiger partial charge on any atom is -0.362 e. The maximum atomic E-state index is 12.9. The van der Waals surface area contributed by atoms with Gasteiger partial charge in [-0.1, -0.05) is 12.1 Å². The first-order valence-electron chi connectivity index (χ1n) is 8.39. The van der Waals surface area contributed by atoms with Crippen molar-refractivity contribution >= 4 is 34.8 Å². The highest BCUT2D eigenvalue weighted by atomic mass is 32.2. The quantitative estimate of drug-likeness (QED) is 0.353. The largest absolute Gasteiger partial charge is 0.362 e. The number of aryl methyl sites for hydroxylation is 1. The lowest BCUT2D eigenvalue weighted by Gasteiger charge is -2.10. The van der Waals surface area contributed by atoms with Crippen molar-refractivity contribution in [2.45, 2.75) is 23.0 Å². The van der Waals surface area contributed by atoms with Gasteiger partial charge in [-0.2, -0.15) is 0 Å². The molecule has 2 aromatic heterocycles. The lowest BCUT2D eigenvalue weighted by atomic mass is 10.1. The van der Waals surface area contributed by atoms with Crippen LogP contribution in [0.4, 0.5) is 10.1 Å². The molecule has 8 heteroatoms. The summed E-state index contributed by atoms with van der Waals surface area (Å²) in [6.07, 6.45) is 6.89. The Labute approximate surface area is 166 Å². The number of anilines is 1. The summed E-state index contributed by atoms with van der Waals surface area (Å²) in [6, 6.07) is 12.1. The third-order valence-corrected chi connectivity index (χ3v) is 4.66. The molecule has 0 radical (unpaired) electrons. The number of hydrogen-bond acceptors (Lipinski definition) is 5. The molecule has 3 rings (SSSR count). The molecule has 0 saturated heterocycles. The summed E-state index contributed by atoms with van der Waals surface area (Å²) in [4.78, 5) is 12.7. The smallest absolute Gasteiger partial charge is 0.193 e. The summed E-state index contributed by atoms with van der Waals surface area (Å²) < 4.78 is 12.9. The lowest BCUT2D eigenvalue weighted by molar-refractivity contribution is 0.626. The molecular weight excluding hydrogens is 381 g/mol. The van der Waals surface area contributed by atoms with Gasteiger partial charge in [-0.15, -0.1) is 0 Å². The topological polar surface area (TPSA) is 62.7 Å². The second kappa shape index (κ2) is 9.94. The Bertz CT molecular complexity index is 858. The summed E-state index contributed by atoms with van der Waals surface area (Å²) in [5.74, 6) is -0.212. The van der Waals surface area contributed by atoms with Gasteiger partial charge in [0, 0.05) is 18.9 Å². The Morgan fingerprint density at radius 1 is 1.04 bits per heavy atom. The zero-order valence-corrected chi connectivity index (χ0v) is 16.1. The van der Waals surface area contributed by atoms with Crippen molar-refractivity contribution in [3.8, 4) is 0 Å². The van der Waals surface area contributed by atoms with Crippen molar-refractivity contribution in [2.75, 3.05) is 11.9 Å². The lowest BCUT2D eigenvalue weighted by Crippen LogP contribution is -2.29. The monoisotopic (exact) mass is 399 g/mol. The van der Waals surface area contributed by atoms with Crippen molar-refractivity contribution in [2.24, 2.45) is 0 Å². The highest BCUT2D eigenvalue weighted by Gasteiger charge is 2.03. The number of aromatic nitrogens is 3. The van der Waals surface area contributed by atoms with E-state index in [9.17, 15) is 4.39 Å². The van der Waals surface area contributed by atoms with Crippen LogP contribution in [0.25, 0.3) is 0 Å². The number of pyridine rings is 1. The second-order valence-corrected chi connectivity index (χ2v) is 7.03. The van der Waals surface area contributed by atoms with Crippen LogP contribution in [0.15, 0.2) is 71.2 Å². The van der Waals surface area contributed by atoms with E-state index in [1.54, 1.807) is 36.8 Å². The minimum atomic E-state index is -0.212. The first kappa shape index (κ1) is 19.2. The molecule has 5 nitrogen and oxygen atoms in total. The molecule has 0 unspecified atom stereocenters. The van der Waals surface area contributed by atoms with Gasteiger partial charge in [-0.25, -0.2) is 19.3 Å². The molecule has 0 saturated carbocycles. The highest BCUT2D eigenvalue weighted by molar-refractivity contribution is 7.99. The average Bonchev–Trinajstić information content (AvgIpc) is 2.69. The van der Waals surface area contributed by atoms with Crippen LogP contribution in [0, 0.1) is 5.82 Å². The van der Waals surface area contributed by atoms with E-state index < -0.39 is 0 Å². The van der Waals surface area contributed by atoms with Crippen molar-refractivity contribution < 1.29 is 4.39 Å². The molecule has 27 heavy (non-hydrogen) atoms. The minimum absolute atomic E-state index is 0.212. The molecule has 0 spiro atoms. The van der Waals surface area contributed by atoms with E-state index in [1.807, 2.05) is 12.1 Å². The van der Waals surface area contributed by atoms with Crippen LogP contribution in [0.3, 0.4) is 0 Å². The van der Waals surface area contributed by atoms with E-state index in [-0.39, 0.29) is 5.82 Å². The molecule has 0 bridgehead atoms. The second-order valence-electron chi connectivity index (χ2n) is 5.63. The van der Waals surface area contributed by atoms with Crippen LogP contribution in [-0.4, -0.2) is 26.6 Å². The summed E-state index contributed by atoms with van der Waals surface area (Å²) in [5, 5.41) is 8.28. The normalized spacial score (nSPS) is 10.4. The van der Waals surface area contributed by atoms with Gasteiger partial charge in [-0.3, -0.25) is 0 Å². The third-order valence-electron chi connectivity index (χ3n) is 3.57. The van der Waals surface area contributed by atoms with Crippen LogP contribution in [0.5, 0.6) is 0 Å². The summed E-state index contributed by atoms with van der Waals surface area (Å²) in [5.41, 5.74) is 1.92. The Kier molecular flexibility index (Phi) is 7.06. The number of hydrogen-bond donors (Lipinski definition) is 2. The molecule has 1 aromatic carbocycles. The summed E-state index contributed by atoms with van der Waals surface area (Å²) in [7, 11) is 0. The number of thiocarbonyl (C=S) groups is 1. The van der Waals surface area contributed by atoms with Crippen molar-refractivity contribution in [1.29, 1.82) is 0 Å². The SMILES string of the molecule is Fc1ccc(CCCNC(=S)Nc2ccc(Sc3ncccn3)nc2)cc1. The van der Waals surface area contributed by atoms with Crippen LogP contribution in [0.1, 0.15) is 12.0 Å². The van der Waals surface area contributed by atoms with Gasteiger partial charge >= 0.3 is 0 Å². The first-order valence-corrected chi connectivity index (χ1v) is 9.62. The van der Waals surface area contributed by atoms with Crippen LogP contribution in [0.2, 0.25) is 0 Å². The van der Waals surface area contributed by atoms with E-state index in [2.05, 4.69) is 25.6 Å². The van der Waals surface area contributed by atoms with E-state index in [1.165, 1.54) is 23.9 Å². The molecular formula is C19H18FN5S2. The molecule has 0 fully saturated rings. The van der Waals surface area contributed by atoms with E-state index in [4.69, 9.17) is 12.2 Å². The molecule has 0 aliphatic heterocycles. The molecule has 138 valence electrons. The fourth-order valence-corrected chi connectivity index (χ4v) is 3.14. The predicted molar refractivity (Wildman–Crippen MR) is 109 cm³/mol. The Balaban J connectivity index is 1.39. The molecule has 0 amide bonds. The number of benzene rings is 1. The Hall–Kier alpha value is -2.58. The Morgan fingerprint density at radius 2 is 1.81 bits per heavy atom. The maximum Gasteiger partial charge on any atom is 0.193 e. The van der Waals surface area contributed by atoms with Crippen molar-refractivity contribution in [3.63, 3.8) is 0 Å². The van der Waals surface area contributed by atoms with Crippen LogP contribution >= 0.6 is 24.0 Å². The van der Waals surface area contributed by atoms with Gasteiger partial charge in [0.25, 0.3) is 0 Å². The first-order chi connectivity index (χ1) is 13.2. The third kappa shape index (κ3) is 6.58. The van der Waals surface area contributed by atoms with E-state index >= 15 is 0 Å². The van der Waals surface area contributed by atoms with E-state index in [0.717, 1.165) is 35.7 Å². The fourth-order valence-electron chi connectivity index (χ4n) is 2.27. The predicted octanol–water partition coefficient (Wildman–Crippen LogP) is 4.08. The van der Waals surface area contributed by atoms with Crippen LogP contribution in [-0.2, 0) is 6.42 Å². The number of nitrogens with zero attached hydrogens (tertiary/aromatic N) is 3. The summed E-state index contributed by atoms with van der Waals surface area (Å²) >= 11 is 6.69. The molecule has 0 aliphatic carbocycles. The van der Waals surface area contributed by atoms with Gasteiger partial charge in [0.2, 0.25) is 0 Å². The molecule has 2 N–H and O–H groups in total. The maximum absolute atomic E-state index is 12.9. The molecule has 2 heterocycles. The highest BCUT2D eigenvalue weighted by Crippen LogP contribution is 2.22. The Morgan fingerprint density at radius 3 is 2.52 bits per heavy atom. The number of nitrogens with one attached hydrogen (secondary N) is 2. The van der Waals surface area contributed by atoms with Gasteiger partial charge in [-0.05, 0) is 72.7 Å². The fraction of sp³-hybridized carbons (Fsp3) is 0.158. The van der Waals surface area contributed by atoms with Gasteiger partial charge in [0.05, 0.1) is 11.9 Å². The molecule has 0 aliphatic rings. The van der Waals surface area contributed by atoms with Gasteiger partial charge < -0.3 is 10.6 Å². The van der Waals surface area contributed by atoms with Crippen molar-refractivity contribution in [1.82, 2.24) is 20.3 Å². The van der Waals surface area contributed by atoms with Gasteiger partial charge in [0.1, 0.15) is 10.8 Å². The van der Waals surface area contributed by atoms with E-state index in [0.29, 0.717) is 10.3 Å². The zero-order chi connectivity index (χ0) is 18.9. The zero-order valence-electron chi connectivity index (χ0n) is 14.4.